The lowest BCUT2D eigenvalue weighted by molar-refractivity contribution is -0.0814. The zero-order chi connectivity index (χ0) is 10.3. The van der Waals surface area contributed by atoms with E-state index in [1.54, 1.807) is 0 Å². The summed E-state index contributed by atoms with van der Waals surface area (Å²) >= 11 is 0. The second-order valence-electron chi connectivity index (χ2n) is 5.83. The third kappa shape index (κ3) is 1.70. The average Bonchev–Trinajstić information content (AvgIpc) is 2.12. The maximum absolute atomic E-state index is 9.94. The Morgan fingerprint density at radius 1 is 1.07 bits per heavy atom. The topological polar surface area (TPSA) is 40.5 Å². The molecule has 2 aliphatic carbocycles. The highest BCUT2D eigenvalue weighted by atomic mass is 16.3. The van der Waals surface area contributed by atoms with E-state index in [0.717, 1.165) is 32.1 Å². The van der Waals surface area contributed by atoms with Crippen molar-refractivity contribution < 1.29 is 10.2 Å². The fraction of sp³-hybridized carbons (Fsp3) is 1.00. The first-order chi connectivity index (χ1) is 6.50. The molecule has 4 unspecified atom stereocenters. The van der Waals surface area contributed by atoms with E-state index in [9.17, 15) is 10.2 Å². The second-order valence-corrected chi connectivity index (χ2v) is 5.83. The molecule has 0 radical (unpaired) electrons. The van der Waals surface area contributed by atoms with Crippen LogP contribution in [0.4, 0.5) is 0 Å². The van der Waals surface area contributed by atoms with E-state index in [-0.39, 0.29) is 12.2 Å². The molecule has 2 saturated carbocycles. The Balaban J connectivity index is 2.15. The van der Waals surface area contributed by atoms with E-state index in [4.69, 9.17) is 0 Å². The van der Waals surface area contributed by atoms with Crippen LogP contribution < -0.4 is 0 Å². The largest absolute Gasteiger partial charge is 0.393 e. The molecule has 4 atom stereocenters. The predicted molar refractivity (Wildman–Crippen MR) is 55.9 cm³/mol. The zero-order valence-electron chi connectivity index (χ0n) is 9.24. The maximum Gasteiger partial charge on any atom is 0.0571 e. The van der Waals surface area contributed by atoms with Crippen molar-refractivity contribution in [3.8, 4) is 0 Å². The molecule has 0 bridgehead atoms. The first-order valence-corrected chi connectivity index (χ1v) is 5.87. The minimum atomic E-state index is -0.124. The first kappa shape index (κ1) is 10.4. The van der Waals surface area contributed by atoms with E-state index in [2.05, 4.69) is 13.8 Å². The molecule has 0 spiro atoms. The van der Waals surface area contributed by atoms with Crippen LogP contribution >= 0.6 is 0 Å². The molecule has 0 aliphatic heterocycles. The molecule has 0 amide bonds. The Hall–Kier alpha value is -0.0800. The van der Waals surface area contributed by atoms with Crippen molar-refractivity contribution >= 4 is 0 Å². The molecule has 0 aromatic carbocycles. The highest BCUT2D eigenvalue weighted by molar-refractivity contribution is 4.96. The number of hydrogen-bond acceptors (Lipinski definition) is 2. The molecule has 2 nitrogen and oxygen atoms in total. The predicted octanol–water partition coefficient (Wildman–Crippen LogP) is 1.94. The van der Waals surface area contributed by atoms with Crippen LogP contribution in [0.3, 0.4) is 0 Å². The highest BCUT2D eigenvalue weighted by Crippen LogP contribution is 2.50. The Kier molecular flexibility index (Phi) is 2.61. The number of aliphatic hydroxyl groups is 2. The molecule has 2 heteroatoms. The van der Waals surface area contributed by atoms with Gasteiger partial charge in [0.25, 0.3) is 0 Å². The molecule has 82 valence electrons. The quantitative estimate of drug-likeness (QED) is 0.624. The summed E-state index contributed by atoms with van der Waals surface area (Å²) in [5.74, 6) is 0.970. The molecule has 2 aliphatic rings. The van der Waals surface area contributed by atoms with Crippen LogP contribution in [0.25, 0.3) is 0 Å². The summed E-state index contributed by atoms with van der Waals surface area (Å²) in [4.78, 5) is 0. The van der Waals surface area contributed by atoms with Gasteiger partial charge in [0.2, 0.25) is 0 Å². The Morgan fingerprint density at radius 2 is 1.79 bits per heavy atom. The van der Waals surface area contributed by atoms with Gasteiger partial charge in [-0.05, 0) is 49.4 Å². The summed E-state index contributed by atoms with van der Waals surface area (Å²) in [7, 11) is 0. The molecule has 0 aromatic heterocycles. The minimum Gasteiger partial charge on any atom is -0.393 e. The number of rotatable bonds is 0. The molecule has 2 N–H and O–H groups in total. The summed E-state index contributed by atoms with van der Waals surface area (Å²) in [6, 6.07) is 0. The molecular weight excluding hydrogens is 176 g/mol. The molecular formula is C12H22O2. The molecule has 14 heavy (non-hydrogen) atoms. The lowest BCUT2D eigenvalue weighted by Crippen LogP contribution is -2.46. The minimum absolute atomic E-state index is 0.111. The van der Waals surface area contributed by atoms with Crippen molar-refractivity contribution in [3.63, 3.8) is 0 Å². The Morgan fingerprint density at radius 3 is 2.50 bits per heavy atom. The first-order valence-electron chi connectivity index (χ1n) is 5.87. The van der Waals surface area contributed by atoms with Crippen molar-refractivity contribution in [3.05, 3.63) is 0 Å². The molecule has 0 saturated heterocycles. The third-order valence-electron chi connectivity index (χ3n) is 4.46. The van der Waals surface area contributed by atoms with Crippen LogP contribution in [0.5, 0.6) is 0 Å². The van der Waals surface area contributed by atoms with Crippen LogP contribution in [0, 0.1) is 17.3 Å². The average molecular weight is 198 g/mol. The van der Waals surface area contributed by atoms with Crippen LogP contribution in [-0.4, -0.2) is 22.4 Å². The van der Waals surface area contributed by atoms with Gasteiger partial charge in [0.05, 0.1) is 12.2 Å². The van der Waals surface area contributed by atoms with Gasteiger partial charge in [0.1, 0.15) is 0 Å². The third-order valence-corrected chi connectivity index (χ3v) is 4.46. The molecule has 2 fully saturated rings. The summed E-state index contributed by atoms with van der Waals surface area (Å²) in [5, 5.41) is 19.6. The lowest BCUT2D eigenvalue weighted by Gasteiger charge is -2.50. The van der Waals surface area contributed by atoms with Gasteiger partial charge in [-0.1, -0.05) is 13.8 Å². The number of aliphatic hydroxyl groups excluding tert-OH is 2. The summed E-state index contributed by atoms with van der Waals surface area (Å²) in [5.41, 5.74) is 0.311. The molecule has 0 aromatic rings. The van der Waals surface area contributed by atoms with Crippen molar-refractivity contribution in [1.82, 2.24) is 0 Å². The smallest absolute Gasteiger partial charge is 0.0571 e. The van der Waals surface area contributed by atoms with Crippen molar-refractivity contribution in [2.24, 2.45) is 17.3 Å². The van der Waals surface area contributed by atoms with Gasteiger partial charge < -0.3 is 10.2 Å². The summed E-state index contributed by atoms with van der Waals surface area (Å²) in [6.45, 7) is 4.57. The van der Waals surface area contributed by atoms with Gasteiger partial charge in [-0.2, -0.15) is 0 Å². The number of hydrogen-bond donors (Lipinski definition) is 2. The Labute approximate surface area is 86.3 Å². The van der Waals surface area contributed by atoms with E-state index in [1.807, 2.05) is 0 Å². The van der Waals surface area contributed by atoms with Gasteiger partial charge in [-0.15, -0.1) is 0 Å². The van der Waals surface area contributed by atoms with Crippen molar-refractivity contribution in [2.75, 3.05) is 0 Å². The van der Waals surface area contributed by atoms with Crippen LogP contribution in [0.1, 0.15) is 46.0 Å². The van der Waals surface area contributed by atoms with Crippen molar-refractivity contribution in [1.29, 1.82) is 0 Å². The second kappa shape index (κ2) is 3.49. The standard InChI is InChI=1S/C12H22O2/c1-12(2)6-5-11(14)9-4-3-8(13)7-10(9)12/h8-11,13-14H,3-7H2,1-2H3. The van der Waals surface area contributed by atoms with Gasteiger partial charge in [0.15, 0.2) is 0 Å². The molecule has 0 heterocycles. The van der Waals surface area contributed by atoms with E-state index in [0.29, 0.717) is 17.3 Å². The summed E-state index contributed by atoms with van der Waals surface area (Å²) < 4.78 is 0. The normalized spacial score (nSPS) is 47.1. The van der Waals surface area contributed by atoms with Gasteiger partial charge in [-0.3, -0.25) is 0 Å². The zero-order valence-corrected chi connectivity index (χ0v) is 9.24. The van der Waals surface area contributed by atoms with E-state index >= 15 is 0 Å². The van der Waals surface area contributed by atoms with E-state index in [1.165, 1.54) is 0 Å². The van der Waals surface area contributed by atoms with Crippen molar-refractivity contribution in [2.45, 2.75) is 58.2 Å². The maximum atomic E-state index is 9.94. The number of fused-ring (bicyclic) bond motifs is 1. The lowest BCUT2D eigenvalue weighted by atomic mass is 9.57. The Bertz CT molecular complexity index is 212. The fourth-order valence-corrected chi connectivity index (χ4v) is 3.45. The summed E-state index contributed by atoms with van der Waals surface area (Å²) in [6.07, 6.45) is 4.60. The fourth-order valence-electron chi connectivity index (χ4n) is 3.45. The van der Waals surface area contributed by atoms with Crippen LogP contribution in [-0.2, 0) is 0 Å². The van der Waals surface area contributed by atoms with Gasteiger partial charge in [-0.25, -0.2) is 0 Å². The van der Waals surface area contributed by atoms with E-state index < -0.39 is 0 Å². The van der Waals surface area contributed by atoms with Crippen LogP contribution in [0.2, 0.25) is 0 Å². The van der Waals surface area contributed by atoms with Gasteiger partial charge in [0, 0.05) is 0 Å². The molecule has 2 rings (SSSR count). The highest BCUT2D eigenvalue weighted by Gasteiger charge is 2.45. The van der Waals surface area contributed by atoms with Gasteiger partial charge >= 0.3 is 0 Å². The van der Waals surface area contributed by atoms with Crippen LogP contribution in [0.15, 0.2) is 0 Å². The monoisotopic (exact) mass is 198 g/mol. The SMILES string of the molecule is CC1(C)CCC(O)C2CCC(O)CC21.